The maximum absolute atomic E-state index is 11.3. The summed E-state index contributed by atoms with van der Waals surface area (Å²) in [5.74, 6) is -0.934. The molecule has 0 saturated heterocycles. The van der Waals surface area contributed by atoms with Gasteiger partial charge < -0.3 is 10.0 Å². The zero-order valence-corrected chi connectivity index (χ0v) is 12.0. The molecule has 0 saturated carbocycles. The van der Waals surface area contributed by atoms with Crippen LogP contribution in [0.1, 0.15) is 22.2 Å². The van der Waals surface area contributed by atoms with E-state index in [1.807, 2.05) is 29.3 Å². The number of halogens is 1. The summed E-state index contributed by atoms with van der Waals surface area (Å²) in [6.07, 6.45) is 0. The van der Waals surface area contributed by atoms with E-state index in [0.717, 1.165) is 6.54 Å². The third-order valence-electron chi connectivity index (χ3n) is 2.84. The highest BCUT2D eigenvalue weighted by Gasteiger charge is 2.16. The predicted molar refractivity (Wildman–Crippen MR) is 79.5 cm³/mol. The Balaban J connectivity index is 2.36. The van der Waals surface area contributed by atoms with Crippen LogP contribution < -0.4 is 4.90 Å². The number of hydrogen-bond acceptors (Lipinski definition) is 3. The first-order valence-electron chi connectivity index (χ1n) is 5.92. The topological polar surface area (TPSA) is 40.5 Å². The minimum absolute atomic E-state index is 0.280. The molecule has 0 aliphatic carbocycles. The third-order valence-corrected chi connectivity index (χ3v) is 3.94. The fraction of sp³-hybridized carbons (Fsp3) is 0.214. The van der Waals surface area contributed by atoms with Gasteiger partial charge in [0.05, 0.1) is 17.8 Å². The van der Waals surface area contributed by atoms with Crippen molar-refractivity contribution in [2.24, 2.45) is 0 Å². The smallest absolute Gasteiger partial charge is 0.337 e. The van der Waals surface area contributed by atoms with E-state index >= 15 is 0 Å². The summed E-state index contributed by atoms with van der Waals surface area (Å²) < 4.78 is 0. The van der Waals surface area contributed by atoms with Crippen LogP contribution in [0.2, 0.25) is 5.02 Å². The predicted octanol–water partition coefficient (Wildman–Crippen LogP) is 4.13. The first-order chi connectivity index (χ1) is 9.11. The minimum atomic E-state index is -0.934. The van der Waals surface area contributed by atoms with Gasteiger partial charge in [0.2, 0.25) is 0 Å². The van der Waals surface area contributed by atoms with Crippen LogP contribution in [0, 0.1) is 0 Å². The molecule has 1 aromatic heterocycles. The average Bonchev–Trinajstić information content (AvgIpc) is 2.88. The molecule has 19 heavy (non-hydrogen) atoms. The monoisotopic (exact) mass is 295 g/mol. The number of carboxylic acid groups (broad SMARTS) is 1. The Morgan fingerprint density at radius 1 is 1.42 bits per heavy atom. The van der Waals surface area contributed by atoms with Crippen LogP contribution >= 0.6 is 22.9 Å². The number of carboxylic acids is 1. The van der Waals surface area contributed by atoms with Gasteiger partial charge in [-0.05, 0) is 36.6 Å². The molecule has 0 bridgehead atoms. The molecule has 1 aromatic carbocycles. The number of thiophene rings is 1. The van der Waals surface area contributed by atoms with Crippen molar-refractivity contribution in [2.45, 2.75) is 13.5 Å². The van der Waals surface area contributed by atoms with Gasteiger partial charge >= 0.3 is 5.97 Å². The van der Waals surface area contributed by atoms with Gasteiger partial charge in [-0.1, -0.05) is 17.7 Å². The molecular weight excluding hydrogens is 282 g/mol. The van der Waals surface area contributed by atoms with E-state index in [-0.39, 0.29) is 5.56 Å². The summed E-state index contributed by atoms with van der Waals surface area (Å²) >= 11 is 7.65. The molecule has 5 heteroatoms. The van der Waals surface area contributed by atoms with Crippen LogP contribution in [0.4, 0.5) is 5.69 Å². The largest absolute Gasteiger partial charge is 0.478 e. The quantitative estimate of drug-likeness (QED) is 0.902. The van der Waals surface area contributed by atoms with Crippen molar-refractivity contribution in [2.75, 3.05) is 11.4 Å². The number of benzene rings is 1. The fourth-order valence-electron chi connectivity index (χ4n) is 1.91. The Morgan fingerprint density at radius 3 is 2.79 bits per heavy atom. The van der Waals surface area contributed by atoms with E-state index < -0.39 is 5.97 Å². The number of aromatic carboxylic acids is 1. The zero-order chi connectivity index (χ0) is 13.8. The van der Waals surface area contributed by atoms with Gasteiger partial charge in [0.25, 0.3) is 0 Å². The molecular formula is C14H14ClNO2S. The molecule has 100 valence electrons. The average molecular weight is 296 g/mol. The highest BCUT2D eigenvalue weighted by molar-refractivity contribution is 7.09. The summed E-state index contributed by atoms with van der Waals surface area (Å²) in [6, 6.07) is 8.90. The summed E-state index contributed by atoms with van der Waals surface area (Å²) in [5.41, 5.74) is 0.943. The molecule has 2 rings (SSSR count). The highest BCUT2D eigenvalue weighted by atomic mass is 35.5. The van der Waals surface area contributed by atoms with E-state index in [2.05, 4.69) is 0 Å². The van der Waals surface area contributed by atoms with Gasteiger partial charge in [-0.2, -0.15) is 0 Å². The number of anilines is 1. The lowest BCUT2D eigenvalue weighted by atomic mass is 10.1. The SMILES string of the molecule is CCN(Cc1cccs1)c1cc(Cl)ccc1C(=O)O. The molecule has 0 radical (unpaired) electrons. The third kappa shape index (κ3) is 3.28. The summed E-state index contributed by atoms with van der Waals surface area (Å²) in [6.45, 7) is 3.41. The van der Waals surface area contributed by atoms with Crippen molar-refractivity contribution in [1.82, 2.24) is 0 Å². The Labute approximate surface area is 121 Å². The molecule has 0 aliphatic rings. The second-order valence-corrected chi connectivity index (χ2v) is 5.53. The molecule has 1 N–H and O–H groups in total. The fourth-order valence-corrected chi connectivity index (χ4v) is 2.79. The Morgan fingerprint density at radius 2 is 2.21 bits per heavy atom. The number of hydrogen-bond donors (Lipinski definition) is 1. The maximum atomic E-state index is 11.3. The summed E-state index contributed by atoms with van der Waals surface area (Å²) in [4.78, 5) is 14.5. The number of carbonyl (C=O) groups is 1. The lowest BCUT2D eigenvalue weighted by molar-refractivity contribution is 0.0697. The van der Waals surface area contributed by atoms with E-state index in [9.17, 15) is 9.90 Å². The molecule has 0 atom stereocenters. The first-order valence-corrected chi connectivity index (χ1v) is 7.17. The molecule has 2 aromatic rings. The molecule has 0 amide bonds. The second kappa shape index (κ2) is 6.08. The molecule has 1 heterocycles. The van der Waals surface area contributed by atoms with Gasteiger partial charge in [-0.25, -0.2) is 4.79 Å². The van der Waals surface area contributed by atoms with Crippen molar-refractivity contribution < 1.29 is 9.90 Å². The van der Waals surface area contributed by atoms with E-state index in [1.54, 1.807) is 29.5 Å². The van der Waals surface area contributed by atoms with Gasteiger partial charge in [-0.15, -0.1) is 11.3 Å². The first kappa shape index (κ1) is 13.9. The van der Waals surface area contributed by atoms with Crippen molar-refractivity contribution in [3.05, 3.63) is 51.2 Å². The van der Waals surface area contributed by atoms with Crippen LogP contribution in [0.15, 0.2) is 35.7 Å². The molecule has 0 fully saturated rings. The van der Waals surface area contributed by atoms with Crippen LogP contribution in [0.25, 0.3) is 0 Å². The number of nitrogens with zero attached hydrogens (tertiary/aromatic N) is 1. The van der Waals surface area contributed by atoms with E-state index in [4.69, 9.17) is 11.6 Å². The summed E-state index contributed by atoms with van der Waals surface area (Å²) in [5, 5.41) is 11.8. The van der Waals surface area contributed by atoms with Crippen LogP contribution in [-0.2, 0) is 6.54 Å². The molecule has 0 unspecified atom stereocenters. The van der Waals surface area contributed by atoms with Gasteiger partial charge in [0.15, 0.2) is 0 Å². The van der Waals surface area contributed by atoms with Crippen LogP contribution in [0.3, 0.4) is 0 Å². The van der Waals surface area contributed by atoms with Gasteiger partial charge in [0.1, 0.15) is 0 Å². The van der Waals surface area contributed by atoms with Gasteiger partial charge in [-0.3, -0.25) is 0 Å². The van der Waals surface area contributed by atoms with E-state index in [0.29, 0.717) is 17.3 Å². The molecule has 0 spiro atoms. The normalized spacial score (nSPS) is 10.4. The zero-order valence-electron chi connectivity index (χ0n) is 10.5. The van der Waals surface area contributed by atoms with Crippen LogP contribution in [-0.4, -0.2) is 17.6 Å². The Kier molecular flexibility index (Phi) is 4.45. The lowest BCUT2D eigenvalue weighted by Crippen LogP contribution is -2.23. The van der Waals surface area contributed by atoms with E-state index in [1.165, 1.54) is 4.88 Å². The Hall–Kier alpha value is -1.52. The molecule has 3 nitrogen and oxygen atoms in total. The standard InChI is InChI=1S/C14H14ClNO2S/c1-2-16(9-11-4-3-7-19-11)13-8-10(15)5-6-12(13)14(17)18/h3-8H,2,9H2,1H3,(H,17,18). The maximum Gasteiger partial charge on any atom is 0.337 e. The van der Waals surface area contributed by atoms with Crippen molar-refractivity contribution in [3.8, 4) is 0 Å². The van der Waals surface area contributed by atoms with Crippen LogP contribution in [0.5, 0.6) is 0 Å². The molecule has 0 aliphatic heterocycles. The number of rotatable bonds is 5. The van der Waals surface area contributed by atoms with Crippen molar-refractivity contribution in [1.29, 1.82) is 0 Å². The van der Waals surface area contributed by atoms with Gasteiger partial charge in [0, 0.05) is 16.4 Å². The minimum Gasteiger partial charge on any atom is -0.478 e. The second-order valence-electron chi connectivity index (χ2n) is 4.06. The lowest BCUT2D eigenvalue weighted by Gasteiger charge is -2.24. The summed E-state index contributed by atoms with van der Waals surface area (Å²) in [7, 11) is 0. The van der Waals surface area contributed by atoms with Crippen molar-refractivity contribution >= 4 is 34.6 Å². The Bertz CT molecular complexity index is 569. The highest BCUT2D eigenvalue weighted by Crippen LogP contribution is 2.27. The van der Waals surface area contributed by atoms with Crippen molar-refractivity contribution in [3.63, 3.8) is 0 Å².